The summed E-state index contributed by atoms with van der Waals surface area (Å²) >= 11 is 0. The van der Waals surface area contributed by atoms with E-state index in [1.54, 1.807) is 6.07 Å². The minimum absolute atomic E-state index is 0.303. The van der Waals surface area contributed by atoms with Crippen LogP contribution >= 0.6 is 0 Å². The van der Waals surface area contributed by atoms with Crippen molar-refractivity contribution in [3.63, 3.8) is 0 Å². The van der Waals surface area contributed by atoms with Crippen LogP contribution in [0, 0.1) is 5.41 Å². The molecule has 0 spiro atoms. The molecule has 1 unspecified atom stereocenters. The van der Waals surface area contributed by atoms with E-state index in [0.717, 1.165) is 18.7 Å². The molecule has 0 aromatic carbocycles. The largest absolute Gasteiger partial charge is 0.366 e. The standard InChI is InChI=1S/C13H19N5O/c1-13(2)7-3-4-9(8-13)14-10-5-6-11-15-16-12(19)18(11)17-10/h5-6,9H,3-4,7-8H2,1-2H3,(H,14,17)(H,16,19). The predicted molar refractivity (Wildman–Crippen MR) is 73.3 cm³/mol. The monoisotopic (exact) mass is 261 g/mol. The number of fused-ring (bicyclic) bond motifs is 1. The van der Waals surface area contributed by atoms with Crippen molar-refractivity contribution < 1.29 is 0 Å². The molecule has 1 fully saturated rings. The highest BCUT2D eigenvalue weighted by Crippen LogP contribution is 2.36. The minimum atomic E-state index is -0.303. The van der Waals surface area contributed by atoms with Crippen molar-refractivity contribution in [1.29, 1.82) is 0 Å². The molecular weight excluding hydrogens is 242 g/mol. The summed E-state index contributed by atoms with van der Waals surface area (Å²) in [6.45, 7) is 4.61. The summed E-state index contributed by atoms with van der Waals surface area (Å²) in [5.41, 5.74) is 0.620. The fourth-order valence-electron chi connectivity index (χ4n) is 2.91. The molecule has 1 aliphatic carbocycles. The molecule has 0 radical (unpaired) electrons. The molecular formula is C13H19N5O. The number of nitrogens with one attached hydrogen (secondary N) is 2. The number of anilines is 1. The first-order chi connectivity index (χ1) is 9.03. The lowest BCUT2D eigenvalue weighted by Crippen LogP contribution is -2.32. The molecule has 0 amide bonds. The van der Waals surface area contributed by atoms with E-state index in [1.165, 1.54) is 17.4 Å². The van der Waals surface area contributed by atoms with Crippen LogP contribution in [0.1, 0.15) is 39.5 Å². The lowest BCUT2D eigenvalue weighted by atomic mass is 9.75. The molecule has 2 aromatic rings. The molecule has 6 heteroatoms. The second-order valence-electron chi connectivity index (χ2n) is 6.12. The van der Waals surface area contributed by atoms with Crippen LogP contribution in [0.5, 0.6) is 0 Å². The fraction of sp³-hybridized carbons (Fsp3) is 0.615. The zero-order valence-electron chi connectivity index (χ0n) is 11.3. The van der Waals surface area contributed by atoms with E-state index < -0.39 is 0 Å². The molecule has 0 bridgehead atoms. The van der Waals surface area contributed by atoms with Gasteiger partial charge in [-0.15, -0.1) is 5.10 Å². The summed E-state index contributed by atoms with van der Waals surface area (Å²) in [6.07, 6.45) is 4.80. The third kappa shape index (κ3) is 2.47. The third-order valence-electron chi connectivity index (χ3n) is 3.83. The normalized spacial score (nSPS) is 22.5. The Balaban J connectivity index is 1.81. The van der Waals surface area contributed by atoms with Gasteiger partial charge in [-0.05, 0) is 36.8 Å². The van der Waals surface area contributed by atoms with Gasteiger partial charge in [-0.1, -0.05) is 20.3 Å². The van der Waals surface area contributed by atoms with Crippen molar-refractivity contribution in [1.82, 2.24) is 19.8 Å². The van der Waals surface area contributed by atoms with Gasteiger partial charge in [0.2, 0.25) is 0 Å². The van der Waals surface area contributed by atoms with Crippen LogP contribution in [0.2, 0.25) is 0 Å². The molecule has 6 nitrogen and oxygen atoms in total. The van der Waals surface area contributed by atoms with Gasteiger partial charge in [0.05, 0.1) is 0 Å². The first-order valence-corrected chi connectivity index (χ1v) is 6.75. The molecule has 1 atom stereocenters. The van der Waals surface area contributed by atoms with E-state index in [-0.39, 0.29) is 5.69 Å². The topological polar surface area (TPSA) is 75.1 Å². The average Bonchev–Trinajstić information content (AvgIpc) is 2.70. The summed E-state index contributed by atoms with van der Waals surface area (Å²) in [6, 6.07) is 4.09. The quantitative estimate of drug-likeness (QED) is 0.864. The van der Waals surface area contributed by atoms with E-state index in [2.05, 4.69) is 34.5 Å². The SMILES string of the molecule is CC1(C)CCCC(Nc2ccc3n[nH]c(=O)n3n2)C1. The van der Waals surface area contributed by atoms with E-state index >= 15 is 0 Å². The highest BCUT2D eigenvalue weighted by Gasteiger charge is 2.28. The van der Waals surface area contributed by atoms with Crippen LogP contribution in [-0.4, -0.2) is 25.9 Å². The summed E-state index contributed by atoms with van der Waals surface area (Å²) in [7, 11) is 0. The Kier molecular flexibility index (Phi) is 2.80. The lowest BCUT2D eigenvalue weighted by molar-refractivity contribution is 0.229. The third-order valence-corrected chi connectivity index (χ3v) is 3.83. The van der Waals surface area contributed by atoms with Gasteiger partial charge in [0.15, 0.2) is 5.65 Å². The lowest BCUT2D eigenvalue weighted by Gasteiger charge is -2.35. The Morgan fingerprint density at radius 3 is 3.11 bits per heavy atom. The number of rotatable bonds is 2. The molecule has 19 heavy (non-hydrogen) atoms. The second kappa shape index (κ2) is 4.36. The van der Waals surface area contributed by atoms with Crippen LogP contribution in [0.15, 0.2) is 16.9 Å². The molecule has 0 aliphatic heterocycles. The van der Waals surface area contributed by atoms with Gasteiger partial charge in [0.1, 0.15) is 5.82 Å². The summed E-state index contributed by atoms with van der Waals surface area (Å²) < 4.78 is 1.29. The van der Waals surface area contributed by atoms with Crippen molar-refractivity contribution in [2.45, 2.75) is 45.6 Å². The van der Waals surface area contributed by atoms with Crippen LogP contribution in [0.3, 0.4) is 0 Å². The molecule has 1 saturated carbocycles. The molecule has 0 saturated heterocycles. The van der Waals surface area contributed by atoms with Crippen molar-refractivity contribution >= 4 is 11.5 Å². The van der Waals surface area contributed by atoms with E-state index in [1.807, 2.05) is 6.07 Å². The van der Waals surface area contributed by atoms with Crippen molar-refractivity contribution in [2.24, 2.45) is 5.41 Å². The molecule has 2 N–H and O–H groups in total. The maximum atomic E-state index is 11.5. The predicted octanol–water partition coefficient (Wildman–Crippen LogP) is 1.80. The Morgan fingerprint density at radius 1 is 1.47 bits per heavy atom. The van der Waals surface area contributed by atoms with Crippen LogP contribution < -0.4 is 11.0 Å². The highest BCUT2D eigenvalue weighted by molar-refractivity contribution is 5.43. The van der Waals surface area contributed by atoms with Crippen LogP contribution in [-0.2, 0) is 0 Å². The first kappa shape index (κ1) is 12.2. The van der Waals surface area contributed by atoms with Gasteiger partial charge in [-0.3, -0.25) is 0 Å². The molecule has 3 rings (SSSR count). The van der Waals surface area contributed by atoms with Crippen molar-refractivity contribution in [2.75, 3.05) is 5.32 Å². The first-order valence-electron chi connectivity index (χ1n) is 6.75. The smallest absolute Gasteiger partial charge is 0.364 e. The Morgan fingerprint density at radius 2 is 2.32 bits per heavy atom. The number of hydrogen-bond acceptors (Lipinski definition) is 4. The number of nitrogens with zero attached hydrogens (tertiary/aromatic N) is 3. The molecule has 2 heterocycles. The zero-order valence-corrected chi connectivity index (χ0v) is 11.3. The van der Waals surface area contributed by atoms with Crippen LogP contribution in [0.25, 0.3) is 5.65 Å². The molecule has 102 valence electrons. The van der Waals surface area contributed by atoms with Crippen LogP contribution in [0.4, 0.5) is 5.82 Å². The maximum Gasteiger partial charge on any atom is 0.364 e. The van der Waals surface area contributed by atoms with Gasteiger partial charge in [0.25, 0.3) is 0 Å². The summed E-state index contributed by atoms with van der Waals surface area (Å²) in [4.78, 5) is 11.5. The number of hydrogen-bond donors (Lipinski definition) is 2. The number of aromatic amines is 1. The summed E-state index contributed by atoms with van der Waals surface area (Å²) in [5, 5.41) is 14.0. The number of aromatic nitrogens is 4. The zero-order chi connectivity index (χ0) is 13.5. The van der Waals surface area contributed by atoms with E-state index in [4.69, 9.17) is 0 Å². The van der Waals surface area contributed by atoms with Crippen molar-refractivity contribution in [3.8, 4) is 0 Å². The summed E-state index contributed by atoms with van der Waals surface area (Å²) in [5.74, 6) is 0.735. The van der Waals surface area contributed by atoms with E-state index in [9.17, 15) is 4.79 Å². The highest BCUT2D eigenvalue weighted by atomic mass is 16.2. The molecule has 2 aromatic heterocycles. The van der Waals surface area contributed by atoms with Crippen molar-refractivity contribution in [3.05, 3.63) is 22.6 Å². The Hall–Kier alpha value is -1.85. The molecule has 1 aliphatic rings. The Bertz CT molecular complexity index is 642. The van der Waals surface area contributed by atoms with Gasteiger partial charge in [0, 0.05) is 6.04 Å². The minimum Gasteiger partial charge on any atom is -0.366 e. The van der Waals surface area contributed by atoms with Gasteiger partial charge in [-0.2, -0.15) is 9.61 Å². The Labute approximate surface area is 111 Å². The average molecular weight is 261 g/mol. The van der Waals surface area contributed by atoms with Gasteiger partial charge < -0.3 is 5.32 Å². The number of H-pyrrole nitrogens is 1. The van der Waals surface area contributed by atoms with Gasteiger partial charge in [-0.25, -0.2) is 9.89 Å². The van der Waals surface area contributed by atoms with Gasteiger partial charge >= 0.3 is 5.69 Å². The maximum absolute atomic E-state index is 11.5. The van der Waals surface area contributed by atoms with E-state index in [0.29, 0.717) is 17.1 Å². The fourth-order valence-corrected chi connectivity index (χ4v) is 2.91. The second-order valence-corrected chi connectivity index (χ2v) is 6.12.